The maximum atomic E-state index is 8.30. The lowest BCUT2D eigenvalue weighted by atomic mass is 10.3. The first-order valence-electron chi connectivity index (χ1n) is 3.82. The third kappa shape index (κ3) is 3.83. The van der Waals surface area contributed by atoms with E-state index in [1.165, 1.54) is 0 Å². The van der Waals surface area contributed by atoms with E-state index < -0.39 is 0 Å². The second-order valence-corrected chi connectivity index (χ2v) is 2.75. The van der Waals surface area contributed by atoms with Crippen molar-refractivity contribution in [2.45, 2.75) is 26.8 Å². The Morgan fingerprint density at radius 2 is 2.18 bits per heavy atom. The van der Waals surface area contributed by atoms with Gasteiger partial charge in [0.25, 0.3) is 0 Å². The monoisotopic (exact) mass is 159 g/mol. The molecule has 0 atom stereocenters. The summed E-state index contributed by atoms with van der Waals surface area (Å²) >= 11 is 0. The van der Waals surface area contributed by atoms with Crippen LogP contribution in [0.2, 0.25) is 0 Å². The van der Waals surface area contributed by atoms with Gasteiger partial charge in [0.2, 0.25) is 0 Å². The molecule has 4 nitrogen and oxygen atoms in total. The predicted octanol–water partition coefficient (Wildman–Crippen LogP) is 0.463. The summed E-state index contributed by atoms with van der Waals surface area (Å²) in [6, 6.07) is 0.431. The van der Waals surface area contributed by atoms with Crippen molar-refractivity contribution in [1.29, 1.82) is 0 Å². The summed E-state index contributed by atoms with van der Waals surface area (Å²) in [6.45, 7) is 7.64. The summed E-state index contributed by atoms with van der Waals surface area (Å²) in [5.41, 5.74) is 5.35. The number of oxime groups is 1. The van der Waals surface area contributed by atoms with E-state index in [9.17, 15) is 0 Å². The number of amidine groups is 1. The molecule has 0 aromatic heterocycles. The Morgan fingerprint density at radius 3 is 2.45 bits per heavy atom. The number of likely N-dealkylation sites (N-methyl/N-ethyl adjacent to an activating group) is 1. The second kappa shape index (κ2) is 4.96. The van der Waals surface area contributed by atoms with Gasteiger partial charge in [-0.05, 0) is 20.4 Å². The summed E-state index contributed by atoms with van der Waals surface area (Å²) in [5.74, 6) is 0.264. The highest BCUT2D eigenvalue weighted by atomic mass is 16.4. The molecule has 0 rings (SSSR count). The van der Waals surface area contributed by atoms with E-state index in [2.05, 4.69) is 23.9 Å². The van der Waals surface area contributed by atoms with E-state index in [4.69, 9.17) is 10.9 Å². The maximum absolute atomic E-state index is 8.30. The van der Waals surface area contributed by atoms with Crippen LogP contribution in [-0.2, 0) is 0 Å². The van der Waals surface area contributed by atoms with Crippen LogP contribution >= 0.6 is 0 Å². The standard InChI is InChI=1S/C7H17N3O/c1-4-10(6(2)3)5-7(8)9-11/h6,11H,4-5H2,1-3H3,(H2,8,9). The molecule has 66 valence electrons. The van der Waals surface area contributed by atoms with Gasteiger partial charge in [-0.2, -0.15) is 0 Å². The van der Waals surface area contributed by atoms with E-state index in [0.29, 0.717) is 12.6 Å². The van der Waals surface area contributed by atoms with Crippen LogP contribution in [0.3, 0.4) is 0 Å². The molecular formula is C7H17N3O. The van der Waals surface area contributed by atoms with E-state index in [1.807, 2.05) is 6.92 Å². The van der Waals surface area contributed by atoms with Gasteiger partial charge in [0, 0.05) is 6.04 Å². The Kier molecular flexibility index (Phi) is 4.61. The van der Waals surface area contributed by atoms with Crippen molar-refractivity contribution >= 4 is 5.84 Å². The summed E-state index contributed by atoms with van der Waals surface area (Å²) in [7, 11) is 0. The lowest BCUT2D eigenvalue weighted by Crippen LogP contribution is -2.38. The quantitative estimate of drug-likeness (QED) is 0.271. The number of hydrogen-bond donors (Lipinski definition) is 2. The molecule has 0 aromatic carbocycles. The topological polar surface area (TPSA) is 61.8 Å². The van der Waals surface area contributed by atoms with Crippen LogP contribution in [0.15, 0.2) is 5.16 Å². The van der Waals surface area contributed by atoms with Crippen molar-refractivity contribution < 1.29 is 5.21 Å². The van der Waals surface area contributed by atoms with Gasteiger partial charge in [-0.3, -0.25) is 4.90 Å². The fourth-order valence-corrected chi connectivity index (χ4v) is 0.899. The Hall–Kier alpha value is -0.770. The van der Waals surface area contributed by atoms with Crippen LogP contribution < -0.4 is 5.73 Å². The first-order valence-corrected chi connectivity index (χ1v) is 3.82. The zero-order valence-electron chi connectivity index (χ0n) is 7.41. The molecule has 0 saturated heterocycles. The largest absolute Gasteiger partial charge is 0.409 e. The van der Waals surface area contributed by atoms with Gasteiger partial charge in [0.1, 0.15) is 0 Å². The van der Waals surface area contributed by atoms with E-state index >= 15 is 0 Å². The molecule has 0 unspecified atom stereocenters. The third-order valence-electron chi connectivity index (χ3n) is 1.63. The molecule has 0 amide bonds. The summed E-state index contributed by atoms with van der Waals surface area (Å²) in [5, 5.41) is 11.2. The molecule has 0 fully saturated rings. The number of nitrogens with zero attached hydrogens (tertiary/aromatic N) is 2. The van der Waals surface area contributed by atoms with Crippen molar-refractivity contribution in [2.75, 3.05) is 13.1 Å². The molecule has 0 spiro atoms. The fourth-order valence-electron chi connectivity index (χ4n) is 0.899. The minimum absolute atomic E-state index is 0.264. The minimum atomic E-state index is 0.264. The minimum Gasteiger partial charge on any atom is -0.409 e. The van der Waals surface area contributed by atoms with Crippen molar-refractivity contribution in [2.24, 2.45) is 10.9 Å². The fraction of sp³-hybridized carbons (Fsp3) is 0.857. The lowest BCUT2D eigenvalue weighted by molar-refractivity contribution is 0.258. The van der Waals surface area contributed by atoms with Crippen LogP contribution in [0.1, 0.15) is 20.8 Å². The Morgan fingerprint density at radius 1 is 1.64 bits per heavy atom. The summed E-state index contributed by atoms with van der Waals surface area (Å²) in [6.07, 6.45) is 0. The molecule has 0 aliphatic heterocycles. The lowest BCUT2D eigenvalue weighted by Gasteiger charge is -2.23. The van der Waals surface area contributed by atoms with Crippen LogP contribution in [0, 0.1) is 0 Å². The summed E-state index contributed by atoms with van der Waals surface area (Å²) < 4.78 is 0. The highest BCUT2D eigenvalue weighted by Crippen LogP contribution is 1.95. The van der Waals surface area contributed by atoms with Gasteiger partial charge in [-0.1, -0.05) is 12.1 Å². The molecule has 4 heteroatoms. The Labute approximate surface area is 67.7 Å². The first kappa shape index (κ1) is 10.2. The summed E-state index contributed by atoms with van der Waals surface area (Å²) in [4.78, 5) is 2.11. The normalized spacial score (nSPS) is 13.0. The Balaban J connectivity index is 3.88. The third-order valence-corrected chi connectivity index (χ3v) is 1.63. The van der Waals surface area contributed by atoms with Gasteiger partial charge < -0.3 is 10.9 Å². The molecule has 3 N–H and O–H groups in total. The first-order chi connectivity index (χ1) is 5.11. The SMILES string of the molecule is CCN(C/C(N)=N/O)C(C)C. The van der Waals surface area contributed by atoms with Crippen LogP contribution in [0.5, 0.6) is 0 Å². The highest BCUT2D eigenvalue weighted by Gasteiger charge is 2.07. The van der Waals surface area contributed by atoms with Gasteiger partial charge in [-0.15, -0.1) is 0 Å². The highest BCUT2D eigenvalue weighted by molar-refractivity contribution is 5.81. The second-order valence-electron chi connectivity index (χ2n) is 2.75. The zero-order valence-corrected chi connectivity index (χ0v) is 7.41. The van der Waals surface area contributed by atoms with Gasteiger partial charge in [0.15, 0.2) is 5.84 Å². The smallest absolute Gasteiger partial charge is 0.153 e. The van der Waals surface area contributed by atoms with Crippen molar-refractivity contribution in [3.05, 3.63) is 0 Å². The average molecular weight is 159 g/mol. The van der Waals surface area contributed by atoms with Crippen LogP contribution in [0.25, 0.3) is 0 Å². The number of rotatable bonds is 4. The zero-order chi connectivity index (χ0) is 8.85. The molecule has 0 aliphatic rings. The average Bonchev–Trinajstić information content (AvgIpc) is 1.99. The Bertz CT molecular complexity index is 134. The molecule has 0 bridgehead atoms. The van der Waals surface area contributed by atoms with Crippen molar-refractivity contribution in [3.8, 4) is 0 Å². The van der Waals surface area contributed by atoms with Gasteiger partial charge >= 0.3 is 0 Å². The number of nitrogens with two attached hydrogens (primary N) is 1. The van der Waals surface area contributed by atoms with Gasteiger partial charge in [-0.25, -0.2) is 0 Å². The van der Waals surface area contributed by atoms with E-state index in [-0.39, 0.29) is 5.84 Å². The molecule has 0 radical (unpaired) electrons. The molecule has 0 saturated carbocycles. The van der Waals surface area contributed by atoms with Gasteiger partial charge in [0.05, 0.1) is 6.54 Å². The van der Waals surface area contributed by atoms with Crippen molar-refractivity contribution in [3.63, 3.8) is 0 Å². The molecule has 0 aliphatic carbocycles. The van der Waals surface area contributed by atoms with Crippen molar-refractivity contribution in [1.82, 2.24) is 4.90 Å². The molecule has 0 aromatic rings. The molecule has 11 heavy (non-hydrogen) atoms. The van der Waals surface area contributed by atoms with Crippen LogP contribution in [-0.4, -0.2) is 35.1 Å². The molecule has 0 heterocycles. The number of hydrogen-bond acceptors (Lipinski definition) is 3. The molecular weight excluding hydrogens is 142 g/mol. The maximum Gasteiger partial charge on any atom is 0.153 e. The predicted molar refractivity (Wildman–Crippen MR) is 45.8 cm³/mol. The van der Waals surface area contributed by atoms with E-state index in [1.54, 1.807) is 0 Å². The van der Waals surface area contributed by atoms with Crippen LogP contribution in [0.4, 0.5) is 0 Å². The van der Waals surface area contributed by atoms with E-state index in [0.717, 1.165) is 6.54 Å².